The van der Waals surface area contributed by atoms with E-state index >= 15 is 0 Å². The van der Waals surface area contributed by atoms with E-state index in [1.165, 1.54) is 10.8 Å². The van der Waals surface area contributed by atoms with Gasteiger partial charge in [-0.25, -0.2) is 16.1 Å². The molecule has 0 bridgehead atoms. The first-order valence-electron chi connectivity index (χ1n) is 9.11. The summed E-state index contributed by atoms with van der Waals surface area (Å²) in [6.45, 7) is 7.04. The lowest BCUT2D eigenvalue weighted by Crippen LogP contribution is -2.44. The minimum Gasteiger partial charge on any atom is -0.454 e. The van der Waals surface area contributed by atoms with Crippen molar-refractivity contribution in [1.82, 2.24) is 14.6 Å². The molecule has 4 atom stereocenters. The Morgan fingerprint density at radius 3 is 2.93 bits per heavy atom. The molecule has 0 aromatic carbocycles. The number of nitrogens with zero attached hydrogens (tertiary/aromatic N) is 4. The molecule has 4 rings (SSSR count). The standard InChI is InChI=1S/C18H21N5O5/c1-20-18(8-27-13(24)7-10-3-2-4-10)16(26)14(25)15(28-18)11-5-6-12-17(19)21-9-22-23(11)12/h5-6,9-10,14-16,25-26H,2-4,7-8H2,(H2,19,21,22)/t14-,15-,16-,18+/m0/s1. The van der Waals surface area contributed by atoms with Crippen LogP contribution in [0.4, 0.5) is 5.82 Å². The van der Waals surface area contributed by atoms with E-state index in [9.17, 15) is 15.0 Å². The molecule has 1 aliphatic heterocycles. The van der Waals surface area contributed by atoms with Gasteiger partial charge in [-0.1, -0.05) is 6.42 Å². The summed E-state index contributed by atoms with van der Waals surface area (Å²) >= 11 is 0. The molecule has 0 radical (unpaired) electrons. The monoisotopic (exact) mass is 387 g/mol. The molecule has 4 N–H and O–H groups in total. The number of carbonyl (C=O) groups excluding carboxylic acids is 1. The van der Waals surface area contributed by atoms with E-state index in [4.69, 9.17) is 21.8 Å². The Morgan fingerprint density at radius 1 is 1.46 bits per heavy atom. The van der Waals surface area contributed by atoms with Crippen LogP contribution < -0.4 is 5.73 Å². The van der Waals surface area contributed by atoms with Gasteiger partial charge in [-0.2, -0.15) is 5.10 Å². The van der Waals surface area contributed by atoms with E-state index in [-0.39, 0.29) is 12.2 Å². The summed E-state index contributed by atoms with van der Waals surface area (Å²) in [4.78, 5) is 19.3. The van der Waals surface area contributed by atoms with Crippen molar-refractivity contribution in [3.8, 4) is 0 Å². The quantitative estimate of drug-likeness (QED) is 0.497. The van der Waals surface area contributed by atoms with Crippen LogP contribution in [-0.2, 0) is 14.3 Å². The number of hydrogen-bond acceptors (Lipinski definition) is 8. The highest BCUT2D eigenvalue weighted by Gasteiger charge is 2.62. The molecule has 2 aliphatic rings. The van der Waals surface area contributed by atoms with Crippen molar-refractivity contribution in [2.45, 2.75) is 49.7 Å². The third kappa shape index (κ3) is 2.97. The number of carbonyl (C=O) groups is 1. The Balaban J connectivity index is 1.54. The first-order chi connectivity index (χ1) is 13.4. The van der Waals surface area contributed by atoms with E-state index in [2.05, 4.69) is 14.9 Å². The van der Waals surface area contributed by atoms with Crippen molar-refractivity contribution in [3.05, 3.63) is 35.6 Å². The number of fused-ring (bicyclic) bond motifs is 1. The summed E-state index contributed by atoms with van der Waals surface area (Å²) in [5.74, 6) is 0.132. The minimum absolute atomic E-state index is 0.246. The molecule has 2 fully saturated rings. The Bertz CT molecular complexity index is 936. The zero-order valence-corrected chi connectivity index (χ0v) is 15.1. The molecule has 1 aliphatic carbocycles. The van der Waals surface area contributed by atoms with E-state index in [1.54, 1.807) is 12.1 Å². The van der Waals surface area contributed by atoms with Crippen LogP contribution in [0.2, 0.25) is 0 Å². The van der Waals surface area contributed by atoms with E-state index in [1.807, 2.05) is 0 Å². The molecular formula is C18H21N5O5. The number of rotatable bonds is 5. The van der Waals surface area contributed by atoms with Gasteiger partial charge in [0.15, 0.2) is 18.5 Å². The van der Waals surface area contributed by atoms with Gasteiger partial charge in [-0.15, -0.1) is 0 Å². The van der Waals surface area contributed by atoms with Gasteiger partial charge >= 0.3 is 11.7 Å². The van der Waals surface area contributed by atoms with Gasteiger partial charge in [0.2, 0.25) is 0 Å². The van der Waals surface area contributed by atoms with E-state index in [0.717, 1.165) is 19.3 Å². The number of hydrogen-bond donors (Lipinski definition) is 3. The Labute approximate surface area is 160 Å². The normalized spacial score (nSPS) is 30.1. The van der Waals surface area contributed by atoms with Crippen LogP contribution in [0.3, 0.4) is 0 Å². The van der Waals surface area contributed by atoms with Gasteiger partial charge in [0, 0.05) is 6.42 Å². The Morgan fingerprint density at radius 2 is 2.25 bits per heavy atom. The number of ether oxygens (including phenoxy) is 2. The van der Waals surface area contributed by atoms with Gasteiger partial charge < -0.3 is 20.7 Å². The summed E-state index contributed by atoms with van der Waals surface area (Å²) < 4.78 is 12.4. The van der Waals surface area contributed by atoms with Gasteiger partial charge in [0.1, 0.15) is 24.1 Å². The molecule has 0 amide bonds. The number of nitrogen functional groups attached to an aromatic ring is 1. The van der Waals surface area contributed by atoms with Crippen molar-refractivity contribution in [2.24, 2.45) is 5.92 Å². The zero-order valence-electron chi connectivity index (χ0n) is 15.1. The first-order valence-corrected chi connectivity index (χ1v) is 9.11. The smallest absolute Gasteiger partial charge is 0.400 e. The summed E-state index contributed by atoms with van der Waals surface area (Å²) in [6.07, 6.45) is 0.629. The van der Waals surface area contributed by atoms with Crippen LogP contribution in [0, 0.1) is 12.5 Å². The molecule has 0 spiro atoms. The number of anilines is 1. The average Bonchev–Trinajstić information content (AvgIpc) is 3.19. The molecule has 1 saturated heterocycles. The van der Waals surface area contributed by atoms with Crippen molar-refractivity contribution in [1.29, 1.82) is 0 Å². The second-order valence-electron chi connectivity index (χ2n) is 7.29. The first kappa shape index (κ1) is 18.6. The maximum Gasteiger partial charge on any atom is 0.400 e. The topological polar surface area (TPSA) is 137 Å². The Kier molecular flexibility index (Phi) is 4.66. The number of esters is 1. The SMILES string of the molecule is [C-]#[N+][C@]1(COC(=O)CC2CCC2)O[C@@H](c2ccc3c(N)ncnn23)[C@H](O)[C@@H]1O. The van der Waals surface area contributed by atoms with Crippen LogP contribution in [0.25, 0.3) is 10.4 Å². The van der Waals surface area contributed by atoms with Gasteiger partial charge in [-0.3, -0.25) is 14.4 Å². The summed E-state index contributed by atoms with van der Waals surface area (Å²) in [5.41, 5.74) is 4.84. The summed E-state index contributed by atoms with van der Waals surface area (Å²) in [5, 5.41) is 25.1. The number of nitrogens with two attached hydrogens (primary N) is 1. The summed E-state index contributed by atoms with van der Waals surface area (Å²) in [6, 6.07) is 3.28. The maximum atomic E-state index is 12.0. The van der Waals surface area contributed by atoms with Crippen LogP contribution >= 0.6 is 0 Å². The predicted octanol–water partition coefficient (Wildman–Crippen LogP) is 0.454. The Hall–Kier alpha value is -2.74. The molecule has 2 aromatic rings. The molecule has 28 heavy (non-hydrogen) atoms. The fourth-order valence-electron chi connectivity index (χ4n) is 3.64. The highest BCUT2D eigenvalue weighted by Crippen LogP contribution is 2.42. The maximum absolute atomic E-state index is 12.0. The highest BCUT2D eigenvalue weighted by molar-refractivity contribution is 5.70. The molecule has 2 aromatic heterocycles. The van der Waals surface area contributed by atoms with Crippen molar-refractivity contribution < 1.29 is 24.5 Å². The lowest BCUT2D eigenvalue weighted by Gasteiger charge is -2.25. The van der Waals surface area contributed by atoms with Gasteiger partial charge in [0.05, 0.1) is 5.69 Å². The van der Waals surface area contributed by atoms with Gasteiger partial charge in [0.25, 0.3) is 0 Å². The van der Waals surface area contributed by atoms with Crippen LogP contribution in [0.1, 0.15) is 37.5 Å². The lowest BCUT2D eigenvalue weighted by atomic mass is 9.83. The third-order valence-corrected chi connectivity index (χ3v) is 5.54. The lowest BCUT2D eigenvalue weighted by molar-refractivity contribution is -0.157. The predicted molar refractivity (Wildman–Crippen MR) is 95.5 cm³/mol. The average molecular weight is 387 g/mol. The number of aliphatic hydroxyl groups excluding tert-OH is 2. The minimum atomic E-state index is -1.89. The zero-order chi connectivity index (χ0) is 19.9. The molecule has 3 heterocycles. The summed E-state index contributed by atoms with van der Waals surface area (Å²) in [7, 11) is 0. The molecular weight excluding hydrogens is 366 g/mol. The third-order valence-electron chi connectivity index (χ3n) is 5.54. The molecule has 10 nitrogen and oxygen atoms in total. The van der Waals surface area contributed by atoms with E-state index in [0.29, 0.717) is 17.1 Å². The number of aliphatic hydroxyl groups is 2. The molecule has 0 unspecified atom stereocenters. The van der Waals surface area contributed by atoms with E-state index < -0.39 is 36.6 Å². The van der Waals surface area contributed by atoms with Crippen molar-refractivity contribution >= 4 is 17.3 Å². The van der Waals surface area contributed by atoms with Crippen molar-refractivity contribution in [3.63, 3.8) is 0 Å². The highest BCUT2D eigenvalue weighted by atomic mass is 16.6. The fraction of sp³-hybridized carbons (Fsp3) is 0.556. The van der Waals surface area contributed by atoms with Crippen LogP contribution in [0.15, 0.2) is 18.5 Å². The largest absolute Gasteiger partial charge is 0.454 e. The molecule has 148 valence electrons. The van der Waals surface area contributed by atoms with Crippen molar-refractivity contribution in [2.75, 3.05) is 12.3 Å². The molecule has 1 saturated carbocycles. The number of aromatic nitrogens is 3. The molecule has 10 heteroatoms. The van der Waals surface area contributed by atoms with Gasteiger partial charge in [-0.05, 0) is 30.9 Å². The van der Waals surface area contributed by atoms with Crippen LogP contribution in [0.5, 0.6) is 0 Å². The second-order valence-corrected chi connectivity index (χ2v) is 7.29. The second kappa shape index (κ2) is 7.01. The van der Waals surface area contributed by atoms with Crippen LogP contribution in [-0.4, -0.2) is 55.3 Å². The fourth-order valence-corrected chi connectivity index (χ4v) is 3.64.